The third-order valence-corrected chi connectivity index (χ3v) is 3.66. The second-order valence-electron chi connectivity index (χ2n) is 4.41. The van der Waals surface area contributed by atoms with Gasteiger partial charge in [-0.1, -0.05) is 6.07 Å². The molecule has 1 amide bonds. The maximum Gasteiger partial charge on any atom is 0.341 e. The van der Waals surface area contributed by atoms with E-state index < -0.39 is 5.97 Å². The number of carbonyl (C=O) groups excluding carboxylic acids is 2. The highest BCUT2D eigenvalue weighted by molar-refractivity contribution is 7.16. The van der Waals surface area contributed by atoms with E-state index in [-0.39, 0.29) is 12.3 Å². The Morgan fingerprint density at radius 1 is 1.43 bits per heavy atom. The van der Waals surface area contributed by atoms with E-state index in [1.807, 2.05) is 13.0 Å². The van der Waals surface area contributed by atoms with Gasteiger partial charge in [0.05, 0.1) is 18.6 Å². The van der Waals surface area contributed by atoms with Gasteiger partial charge in [-0.15, -0.1) is 11.3 Å². The maximum absolute atomic E-state index is 12.0. The Balaban J connectivity index is 2.09. The molecule has 0 saturated heterocycles. The molecule has 5 nitrogen and oxygen atoms in total. The number of aromatic nitrogens is 1. The summed E-state index contributed by atoms with van der Waals surface area (Å²) < 4.78 is 4.99. The number of pyridine rings is 1. The third-order valence-electron chi connectivity index (χ3n) is 2.69. The number of nitrogens with one attached hydrogen (secondary N) is 1. The van der Waals surface area contributed by atoms with Crippen LogP contribution in [0.4, 0.5) is 5.00 Å². The number of aryl methyl sites for hydroxylation is 1. The lowest BCUT2D eigenvalue weighted by Crippen LogP contribution is -2.16. The van der Waals surface area contributed by atoms with Gasteiger partial charge >= 0.3 is 5.97 Å². The summed E-state index contributed by atoms with van der Waals surface area (Å²) in [6.07, 6.45) is 3.52. The van der Waals surface area contributed by atoms with Crippen molar-refractivity contribution >= 4 is 28.2 Å². The second kappa shape index (κ2) is 6.99. The van der Waals surface area contributed by atoms with E-state index in [4.69, 9.17) is 4.74 Å². The van der Waals surface area contributed by atoms with Crippen molar-refractivity contribution in [3.05, 3.63) is 46.6 Å². The largest absolute Gasteiger partial charge is 0.462 e. The molecule has 0 spiro atoms. The lowest BCUT2D eigenvalue weighted by atomic mass is 10.2. The first kappa shape index (κ1) is 15.2. The molecule has 110 valence electrons. The molecule has 0 fully saturated rings. The number of rotatable bonds is 5. The molecule has 0 aliphatic carbocycles. The molecule has 0 aliphatic heterocycles. The molecule has 1 N–H and O–H groups in total. The lowest BCUT2D eigenvalue weighted by molar-refractivity contribution is -0.115. The molecule has 2 aromatic rings. The summed E-state index contributed by atoms with van der Waals surface area (Å²) in [7, 11) is 0. The fourth-order valence-electron chi connectivity index (χ4n) is 1.83. The van der Waals surface area contributed by atoms with Crippen molar-refractivity contribution in [3.8, 4) is 0 Å². The quantitative estimate of drug-likeness (QED) is 0.862. The van der Waals surface area contributed by atoms with Gasteiger partial charge in [0.15, 0.2) is 0 Å². The summed E-state index contributed by atoms with van der Waals surface area (Å²) in [4.78, 5) is 28.8. The maximum atomic E-state index is 12.0. The number of ether oxygens (including phenoxy) is 1. The fraction of sp³-hybridized carbons (Fsp3) is 0.267. The van der Waals surface area contributed by atoms with Crippen molar-refractivity contribution in [1.29, 1.82) is 0 Å². The average Bonchev–Trinajstić information content (AvgIpc) is 2.81. The van der Waals surface area contributed by atoms with E-state index >= 15 is 0 Å². The predicted octanol–water partition coefficient (Wildman–Crippen LogP) is 2.81. The molecule has 0 saturated carbocycles. The number of hydrogen-bond donors (Lipinski definition) is 1. The van der Waals surface area contributed by atoms with Crippen LogP contribution in [-0.4, -0.2) is 23.5 Å². The van der Waals surface area contributed by atoms with E-state index in [0.29, 0.717) is 17.2 Å². The van der Waals surface area contributed by atoms with Crippen LogP contribution in [0, 0.1) is 6.92 Å². The van der Waals surface area contributed by atoms with Crippen LogP contribution in [0.2, 0.25) is 0 Å². The highest BCUT2D eigenvalue weighted by Gasteiger charge is 2.17. The van der Waals surface area contributed by atoms with Crippen LogP contribution in [0.5, 0.6) is 0 Å². The summed E-state index contributed by atoms with van der Waals surface area (Å²) in [6, 6.07) is 5.34. The van der Waals surface area contributed by atoms with Crippen molar-refractivity contribution in [3.63, 3.8) is 0 Å². The molecule has 6 heteroatoms. The summed E-state index contributed by atoms with van der Waals surface area (Å²) in [5, 5.41) is 3.30. The highest BCUT2D eigenvalue weighted by Crippen LogP contribution is 2.28. The fourth-order valence-corrected chi connectivity index (χ4v) is 2.74. The second-order valence-corrected chi connectivity index (χ2v) is 5.66. The molecule has 0 aromatic carbocycles. The van der Waals surface area contributed by atoms with Gasteiger partial charge in [-0.3, -0.25) is 9.78 Å². The third kappa shape index (κ3) is 4.13. The molecule has 0 bridgehead atoms. The Hall–Kier alpha value is -2.21. The Bertz CT molecular complexity index is 638. The van der Waals surface area contributed by atoms with Gasteiger partial charge in [-0.2, -0.15) is 0 Å². The average molecular weight is 304 g/mol. The minimum absolute atomic E-state index is 0.185. The molecule has 0 atom stereocenters. The summed E-state index contributed by atoms with van der Waals surface area (Å²) in [6.45, 7) is 3.93. The van der Waals surface area contributed by atoms with Gasteiger partial charge in [0, 0.05) is 17.3 Å². The molecular weight excluding hydrogens is 288 g/mol. The first-order valence-corrected chi connectivity index (χ1v) is 7.38. The Labute approximate surface area is 127 Å². The van der Waals surface area contributed by atoms with Crippen LogP contribution in [0.15, 0.2) is 30.6 Å². The van der Waals surface area contributed by atoms with Crippen molar-refractivity contribution in [2.24, 2.45) is 0 Å². The minimum Gasteiger partial charge on any atom is -0.462 e. The number of hydrogen-bond acceptors (Lipinski definition) is 5. The van der Waals surface area contributed by atoms with Gasteiger partial charge < -0.3 is 10.1 Å². The topological polar surface area (TPSA) is 68.3 Å². The van der Waals surface area contributed by atoms with Crippen molar-refractivity contribution in [1.82, 2.24) is 4.98 Å². The molecule has 0 unspecified atom stereocenters. The molecule has 2 aromatic heterocycles. The van der Waals surface area contributed by atoms with E-state index in [9.17, 15) is 9.59 Å². The van der Waals surface area contributed by atoms with Crippen LogP contribution in [0.1, 0.15) is 27.7 Å². The Morgan fingerprint density at radius 3 is 2.90 bits per heavy atom. The zero-order valence-corrected chi connectivity index (χ0v) is 12.7. The summed E-state index contributed by atoms with van der Waals surface area (Å²) in [5.74, 6) is -0.603. The number of nitrogens with zero attached hydrogens (tertiary/aromatic N) is 1. The summed E-state index contributed by atoms with van der Waals surface area (Å²) in [5.41, 5.74) is 1.22. The standard InChI is InChI=1S/C15H16N2O3S/c1-3-20-15(19)12-7-10(2)21-14(12)17-13(18)8-11-5-4-6-16-9-11/h4-7,9H,3,8H2,1-2H3,(H,17,18). The Kier molecular flexibility index (Phi) is 5.05. The molecule has 21 heavy (non-hydrogen) atoms. The number of carbonyl (C=O) groups is 2. The van der Waals surface area contributed by atoms with Crippen LogP contribution in [0.3, 0.4) is 0 Å². The van der Waals surface area contributed by atoms with Gasteiger partial charge in [0.25, 0.3) is 0 Å². The number of amides is 1. The van der Waals surface area contributed by atoms with Gasteiger partial charge in [-0.05, 0) is 31.5 Å². The first-order chi connectivity index (χ1) is 10.1. The van der Waals surface area contributed by atoms with E-state index in [1.54, 1.807) is 31.5 Å². The van der Waals surface area contributed by atoms with E-state index in [2.05, 4.69) is 10.3 Å². The van der Waals surface area contributed by atoms with Crippen LogP contribution >= 0.6 is 11.3 Å². The van der Waals surface area contributed by atoms with Crippen LogP contribution in [-0.2, 0) is 16.0 Å². The zero-order valence-electron chi connectivity index (χ0n) is 11.9. The monoisotopic (exact) mass is 304 g/mol. The van der Waals surface area contributed by atoms with Crippen molar-refractivity contribution < 1.29 is 14.3 Å². The minimum atomic E-state index is -0.418. The van der Waals surface area contributed by atoms with Crippen molar-refractivity contribution in [2.75, 3.05) is 11.9 Å². The molecular formula is C15H16N2O3S. The number of esters is 1. The van der Waals surface area contributed by atoms with Gasteiger partial charge in [0.2, 0.25) is 5.91 Å². The molecule has 2 rings (SSSR count). The first-order valence-electron chi connectivity index (χ1n) is 6.56. The Morgan fingerprint density at radius 2 is 2.24 bits per heavy atom. The van der Waals surface area contributed by atoms with E-state index in [0.717, 1.165) is 10.4 Å². The smallest absolute Gasteiger partial charge is 0.341 e. The highest BCUT2D eigenvalue weighted by atomic mass is 32.1. The summed E-state index contributed by atoms with van der Waals surface area (Å²) >= 11 is 1.36. The molecule has 0 radical (unpaired) electrons. The number of thiophene rings is 1. The van der Waals surface area contributed by atoms with Crippen LogP contribution in [0.25, 0.3) is 0 Å². The molecule has 2 heterocycles. The van der Waals surface area contributed by atoms with Gasteiger partial charge in [0.1, 0.15) is 5.00 Å². The normalized spacial score (nSPS) is 10.2. The van der Waals surface area contributed by atoms with Crippen LogP contribution < -0.4 is 5.32 Å². The van der Waals surface area contributed by atoms with Crippen molar-refractivity contribution in [2.45, 2.75) is 20.3 Å². The zero-order chi connectivity index (χ0) is 15.2. The lowest BCUT2D eigenvalue weighted by Gasteiger charge is -2.06. The van der Waals surface area contributed by atoms with Gasteiger partial charge in [-0.25, -0.2) is 4.79 Å². The predicted molar refractivity (Wildman–Crippen MR) is 81.6 cm³/mol. The van der Waals surface area contributed by atoms with E-state index in [1.165, 1.54) is 11.3 Å². The number of anilines is 1. The molecule has 0 aliphatic rings. The SMILES string of the molecule is CCOC(=O)c1cc(C)sc1NC(=O)Cc1cccnc1.